The molecule has 1 atom stereocenters. The first-order valence-electron chi connectivity index (χ1n) is 3.91. The van der Waals surface area contributed by atoms with Gasteiger partial charge in [-0.25, -0.2) is 0 Å². The van der Waals surface area contributed by atoms with Gasteiger partial charge in [-0.3, -0.25) is 0 Å². The minimum atomic E-state index is 0.238. The summed E-state index contributed by atoms with van der Waals surface area (Å²) in [5.41, 5.74) is 0. The Morgan fingerprint density at radius 2 is 2.30 bits per heavy atom. The van der Waals surface area contributed by atoms with Gasteiger partial charge in [-0.1, -0.05) is 25.7 Å². The van der Waals surface area contributed by atoms with Crippen LogP contribution in [0.5, 0.6) is 0 Å². The maximum absolute atomic E-state index is 5.33. The van der Waals surface area contributed by atoms with Crippen molar-refractivity contribution in [3.05, 3.63) is 0 Å². The van der Waals surface area contributed by atoms with Gasteiger partial charge in [0.15, 0.2) is 0 Å². The molecule has 1 saturated heterocycles. The second-order valence-corrected chi connectivity index (χ2v) is 2.95. The van der Waals surface area contributed by atoms with Crippen molar-refractivity contribution in [2.45, 2.75) is 32.8 Å². The van der Waals surface area contributed by atoms with E-state index >= 15 is 0 Å². The van der Waals surface area contributed by atoms with Crippen LogP contribution in [0.4, 0.5) is 0 Å². The molecule has 1 nitrogen and oxygen atoms in total. The van der Waals surface area contributed by atoms with Crippen molar-refractivity contribution in [1.82, 2.24) is 0 Å². The predicted molar refractivity (Wildman–Crippen MR) is 41.6 cm³/mol. The monoisotopic (exact) mass is 138 g/mol. The van der Waals surface area contributed by atoms with E-state index in [1.54, 1.807) is 0 Å². The van der Waals surface area contributed by atoms with Crippen molar-refractivity contribution in [1.29, 1.82) is 0 Å². The van der Waals surface area contributed by atoms with Gasteiger partial charge in [0.2, 0.25) is 0 Å². The molecule has 56 valence electrons. The summed E-state index contributed by atoms with van der Waals surface area (Å²) in [6.07, 6.45) is 2.54. The molecule has 1 heterocycles. The Balaban J connectivity index is 2.31. The fraction of sp³-hybridized carbons (Fsp3) is 0.778. The van der Waals surface area contributed by atoms with E-state index in [-0.39, 0.29) is 6.10 Å². The first-order valence-corrected chi connectivity index (χ1v) is 3.91. The van der Waals surface area contributed by atoms with Crippen LogP contribution in [0.1, 0.15) is 26.7 Å². The van der Waals surface area contributed by atoms with Crippen LogP contribution in [0.25, 0.3) is 0 Å². The minimum absolute atomic E-state index is 0.238. The Bertz CT molecular complexity index is 144. The van der Waals surface area contributed by atoms with Gasteiger partial charge in [0.05, 0.1) is 0 Å². The zero-order valence-corrected chi connectivity index (χ0v) is 6.68. The van der Waals surface area contributed by atoms with E-state index in [4.69, 9.17) is 4.74 Å². The van der Waals surface area contributed by atoms with Crippen LogP contribution in [-0.4, -0.2) is 12.7 Å². The highest BCUT2D eigenvalue weighted by Crippen LogP contribution is 2.10. The average molecular weight is 138 g/mol. The van der Waals surface area contributed by atoms with Gasteiger partial charge in [-0.2, -0.15) is 0 Å². The molecule has 1 fully saturated rings. The first-order chi connectivity index (χ1) is 4.79. The van der Waals surface area contributed by atoms with Gasteiger partial charge >= 0.3 is 0 Å². The lowest BCUT2D eigenvalue weighted by atomic mass is 10.2. The van der Waals surface area contributed by atoms with Gasteiger partial charge in [-0.15, -0.1) is 0 Å². The molecule has 1 rings (SSSR count). The van der Waals surface area contributed by atoms with E-state index in [0.717, 1.165) is 13.0 Å². The zero-order chi connectivity index (χ0) is 7.40. The van der Waals surface area contributed by atoms with E-state index in [9.17, 15) is 0 Å². The van der Waals surface area contributed by atoms with Gasteiger partial charge in [0.25, 0.3) is 0 Å². The summed E-state index contributed by atoms with van der Waals surface area (Å²) in [5, 5.41) is 0. The average Bonchev–Trinajstić information content (AvgIpc) is 2.34. The summed E-state index contributed by atoms with van der Waals surface area (Å²) in [6.45, 7) is 5.10. The molecule has 0 aliphatic carbocycles. The highest BCUT2D eigenvalue weighted by atomic mass is 16.5. The third-order valence-electron chi connectivity index (χ3n) is 1.46. The SMILES string of the molecule is CC(C)C#C[C@H]1CCCO1. The largest absolute Gasteiger partial charge is 0.366 e. The van der Waals surface area contributed by atoms with E-state index in [1.165, 1.54) is 6.42 Å². The van der Waals surface area contributed by atoms with Crippen LogP contribution in [0.2, 0.25) is 0 Å². The van der Waals surface area contributed by atoms with E-state index < -0.39 is 0 Å². The summed E-state index contributed by atoms with van der Waals surface area (Å²) in [5.74, 6) is 6.70. The van der Waals surface area contributed by atoms with Crippen LogP contribution >= 0.6 is 0 Å². The Labute approximate surface area is 62.8 Å². The zero-order valence-electron chi connectivity index (χ0n) is 6.68. The highest BCUT2D eigenvalue weighted by Gasteiger charge is 2.11. The van der Waals surface area contributed by atoms with Crippen LogP contribution in [0.15, 0.2) is 0 Å². The number of rotatable bonds is 0. The van der Waals surface area contributed by atoms with Gasteiger partial charge in [0.1, 0.15) is 6.10 Å². The molecule has 0 unspecified atom stereocenters. The molecular formula is C9H14O. The second-order valence-electron chi connectivity index (χ2n) is 2.95. The molecule has 1 aliphatic rings. The predicted octanol–water partition coefficient (Wildman–Crippen LogP) is 1.82. The number of hydrogen-bond donors (Lipinski definition) is 0. The Morgan fingerprint density at radius 1 is 1.50 bits per heavy atom. The molecule has 0 amide bonds. The summed E-state index contributed by atoms with van der Waals surface area (Å²) in [4.78, 5) is 0. The van der Waals surface area contributed by atoms with Crippen molar-refractivity contribution in [2.75, 3.05) is 6.61 Å². The Hall–Kier alpha value is -0.480. The fourth-order valence-electron chi connectivity index (χ4n) is 0.951. The third-order valence-corrected chi connectivity index (χ3v) is 1.46. The maximum atomic E-state index is 5.33. The molecule has 0 radical (unpaired) electrons. The third kappa shape index (κ3) is 2.41. The molecule has 0 saturated carbocycles. The first kappa shape index (κ1) is 7.63. The molecule has 0 N–H and O–H groups in total. The summed E-state index contributed by atoms with van der Waals surface area (Å²) < 4.78 is 5.33. The van der Waals surface area contributed by atoms with Crippen molar-refractivity contribution < 1.29 is 4.74 Å². The lowest BCUT2D eigenvalue weighted by molar-refractivity contribution is 0.152. The van der Waals surface area contributed by atoms with Gasteiger partial charge < -0.3 is 4.74 Å². The van der Waals surface area contributed by atoms with E-state index in [1.807, 2.05) is 0 Å². The van der Waals surface area contributed by atoms with Crippen LogP contribution in [-0.2, 0) is 4.74 Å². The van der Waals surface area contributed by atoms with Crippen LogP contribution < -0.4 is 0 Å². The standard InChI is InChI=1S/C9H14O/c1-8(2)5-6-9-4-3-7-10-9/h8-9H,3-4,7H2,1-2H3/t9-/m1/s1. The lowest BCUT2D eigenvalue weighted by Gasteiger charge is -1.97. The highest BCUT2D eigenvalue weighted by molar-refractivity contribution is 5.07. The lowest BCUT2D eigenvalue weighted by Crippen LogP contribution is -2.00. The topological polar surface area (TPSA) is 9.23 Å². The summed E-state index contributed by atoms with van der Waals surface area (Å²) in [6, 6.07) is 0. The molecule has 1 heteroatoms. The molecule has 0 spiro atoms. The Morgan fingerprint density at radius 3 is 2.80 bits per heavy atom. The Kier molecular flexibility index (Phi) is 2.77. The normalized spacial score (nSPS) is 24.5. The summed E-state index contributed by atoms with van der Waals surface area (Å²) >= 11 is 0. The molecule has 0 aromatic carbocycles. The molecular weight excluding hydrogens is 124 g/mol. The maximum Gasteiger partial charge on any atom is 0.118 e. The van der Waals surface area contributed by atoms with Gasteiger partial charge in [0, 0.05) is 12.5 Å². The fourth-order valence-corrected chi connectivity index (χ4v) is 0.951. The van der Waals surface area contributed by atoms with E-state index in [2.05, 4.69) is 25.7 Å². The van der Waals surface area contributed by atoms with Gasteiger partial charge in [-0.05, 0) is 12.8 Å². The molecule has 0 aromatic heterocycles. The number of ether oxygens (including phenoxy) is 1. The van der Waals surface area contributed by atoms with E-state index in [0.29, 0.717) is 5.92 Å². The van der Waals surface area contributed by atoms with Crippen molar-refractivity contribution in [2.24, 2.45) is 5.92 Å². The van der Waals surface area contributed by atoms with Crippen LogP contribution in [0.3, 0.4) is 0 Å². The van der Waals surface area contributed by atoms with Crippen molar-refractivity contribution in [3.63, 3.8) is 0 Å². The molecule has 10 heavy (non-hydrogen) atoms. The molecule has 0 aromatic rings. The second kappa shape index (κ2) is 3.63. The minimum Gasteiger partial charge on any atom is -0.366 e. The van der Waals surface area contributed by atoms with Crippen molar-refractivity contribution >= 4 is 0 Å². The van der Waals surface area contributed by atoms with Crippen LogP contribution in [0, 0.1) is 17.8 Å². The molecule has 0 bridgehead atoms. The van der Waals surface area contributed by atoms with Crippen molar-refractivity contribution in [3.8, 4) is 11.8 Å². The summed E-state index contributed by atoms with van der Waals surface area (Å²) in [7, 11) is 0. The smallest absolute Gasteiger partial charge is 0.118 e. The number of hydrogen-bond acceptors (Lipinski definition) is 1. The quantitative estimate of drug-likeness (QED) is 0.464. The molecule has 1 aliphatic heterocycles.